The number of hydrogen-bond acceptors (Lipinski definition) is 3. The summed E-state index contributed by atoms with van der Waals surface area (Å²) in [6, 6.07) is -0.309. The monoisotopic (exact) mass is 266 g/mol. The van der Waals surface area contributed by atoms with Gasteiger partial charge in [0.2, 0.25) is 11.8 Å². The Balaban J connectivity index is 1.81. The molecule has 2 amide bonds. The van der Waals surface area contributed by atoms with Crippen molar-refractivity contribution in [1.82, 2.24) is 10.2 Å². The molecule has 1 saturated heterocycles. The van der Waals surface area contributed by atoms with E-state index < -0.39 is 0 Å². The van der Waals surface area contributed by atoms with Gasteiger partial charge in [-0.3, -0.25) is 14.5 Å². The summed E-state index contributed by atoms with van der Waals surface area (Å²) in [5.74, 6) is 1.45. The molecule has 2 rings (SSSR count). The first-order chi connectivity index (χ1) is 8.99. The molecule has 1 N–H and O–H groups in total. The summed E-state index contributed by atoms with van der Waals surface area (Å²) in [4.78, 5) is 25.3. The lowest BCUT2D eigenvalue weighted by Crippen LogP contribution is -2.43. The first kappa shape index (κ1) is 14.5. The van der Waals surface area contributed by atoms with E-state index in [0.29, 0.717) is 12.3 Å². The van der Waals surface area contributed by atoms with Crippen molar-refractivity contribution in [2.24, 2.45) is 11.8 Å². The van der Waals surface area contributed by atoms with E-state index in [4.69, 9.17) is 0 Å². The largest absolute Gasteiger partial charge is 0.305 e. The Labute approximate surface area is 115 Å². The molecule has 0 spiro atoms. The van der Waals surface area contributed by atoms with E-state index in [-0.39, 0.29) is 23.9 Å². The van der Waals surface area contributed by atoms with Gasteiger partial charge in [-0.15, -0.1) is 0 Å². The van der Waals surface area contributed by atoms with Gasteiger partial charge in [0, 0.05) is 6.04 Å². The predicted molar refractivity (Wildman–Crippen MR) is 74.5 cm³/mol. The summed E-state index contributed by atoms with van der Waals surface area (Å²) in [5.41, 5.74) is 0. The zero-order valence-electron chi connectivity index (χ0n) is 12.3. The first-order valence-corrected chi connectivity index (χ1v) is 7.58. The predicted octanol–water partition coefficient (Wildman–Crippen LogP) is 1.94. The van der Waals surface area contributed by atoms with Gasteiger partial charge in [-0.25, -0.2) is 0 Å². The summed E-state index contributed by atoms with van der Waals surface area (Å²) < 4.78 is 0. The number of nitrogens with one attached hydrogen (secondary N) is 1. The van der Waals surface area contributed by atoms with Crippen molar-refractivity contribution in [1.29, 1.82) is 0 Å². The third kappa shape index (κ3) is 3.35. The van der Waals surface area contributed by atoms with E-state index in [1.54, 1.807) is 0 Å². The smallest absolute Gasteiger partial charge is 0.247 e. The summed E-state index contributed by atoms with van der Waals surface area (Å²) in [5, 5.41) is 3.32. The molecule has 4 nitrogen and oxygen atoms in total. The van der Waals surface area contributed by atoms with Crippen LogP contribution in [-0.2, 0) is 9.59 Å². The van der Waals surface area contributed by atoms with E-state index in [2.05, 4.69) is 12.2 Å². The van der Waals surface area contributed by atoms with Crippen molar-refractivity contribution in [3.05, 3.63) is 0 Å². The fourth-order valence-electron chi connectivity index (χ4n) is 3.20. The minimum atomic E-state index is -0.283. The zero-order chi connectivity index (χ0) is 14.0. The number of nitrogens with zero attached hydrogens (tertiary/aromatic N) is 1. The van der Waals surface area contributed by atoms with E-state index in [1.807, 2.05) is 13.8 Å². The number of amides is 2. The SMILES string of the molecule is CC1CCC(CNC2CC(=O)N(C(C)C)C2=O)CC1. The summed E-state index contributed by atoms with van der Waals surface area (Å²) in [7, 11) is 0. The summed E-state index contributed by atoms with van der Waals surface area (Å²) in [6.07, 6.45) is 5.41. The van der Waals surface area contributed by atoms with Gasteiger partial charge in [0.1, 0.15) is 0 Å². The molecule has 2 aliphatic rings. The molecule has 0 radical (unpaired) electrons. The van der Waals surface area contributed by atoms with Gasteiger partial charge in [0.05, 0.1) is 12.5 Å². The van der Waals surface area contributed by atoms with Crippen LogP contribution in [0, 0.1) is 11.8 Å². The minimum Gasteiger partial charge on any atom is -0.305 e. The Kier molecular flexibility index (Phi) is 4.61. The van der Waals surface area contributed by atoms with Crippen molar-refractivity contribution in [3.63, 3.8) is 0 Å². The molecule has 1 heterocycles. The van der Waals surface area contributed by atoms with Crippen molar-refractivity contribution in [2.45, 2.75) is 65.0 Å². The first-order valence-electron chi connectivity index (χ1n) is 7.58. The van der Waals surface area contributed by atoms with Crippen LogP contribution in [0.25, 0.3) is 0 Å². The molecular weight excluding hydrogens is 240 g/mol. The molecule has 0 aromatic carbocycles. The highest BCUT2D eigenvalue weighted by Crippen LogP contribution is 2.28. The van der Waals surface area contributed by atoms with Gasteiger partial charge in [0.25, 0.3) is 0 Å². The van der Waals surface area contributed by atoms with Gasteiger partial charge in [0.15, 0.2) is 0 Å². The summed E-state index contributed by atoms with van der Waals surface area (Å²) >= 11 is 0. The Bertz CT molecular complexity index is 346. The Morgan fingerprint density at radius 1 is 1.21 bits per heavy atom. The van der Waals surface area contributed by atoms with E-state index >= 15 is 0 Å². The molecule has 108 valence electrons. The fraction of sp³-hybridized carbons (Fsp3) is 0.867. The third-order valence-corrected chi connectivity index (χ3v) is 4.49. The fourth-order valence-corrected chi connectivity index (χ4v) is 3.20. The summed E-state index contributed by atoms with van der Waals surface area (Å²) in [6.45, 7) is 6.97. The minimum absolute atomic E-state index is 0.0256. The Morgan fingerprint density at radius 2 is 1.84 bits per heavy atom. The number of imide groups is 1. The average Bonchev–Trinajstić information content (AvgIpc) is 2.63. The molecule has 1 saturated carbocycles. The Hall–Kier alpha value is -0.900. The molecule has 2 fully saturated rings. The number of hydrogen-bond donors (Lipinski definition) is 1. The Morgan fingerprint density at radius 3 is 2.37 bits per heavy atom. The van der Waals surface area contributed by atoms with Gasteiger partial charge in [-0.2, -0.15) is 0 Å². The van der Waals surface area contributed by atoms with E-state index in [0.717, 1.165) is 12.5 Å². The third-order valence-electron chi connectivity index (χ3n) is 4.49. The number of carbonyl (C=O) groups excluding carboxylic acids is 2. The lowest BCUT2D eigenvalue weighted by molar-refractivity contribution is -0.140. The number of carbonyl (C=O) groups is 2. The number of likely N-dealkylation sites (tertiary alicyclic amines) is 1. The molecule has 0 aromatic heterocycles. The zero-order valence-corrected chi connectivity index (χ0v) is 12.3. The van der Waals surface area contributed by atoms with Crippen LogP contribution in [0.5, 0.6) is 0 Å². The van der Waals surface area contributed by atoms with Crippen LogP contribution in [0.3, 0.4) is 0 Å². The molecular formula is C15H26N2O2. The van der Waals surface area contributed by atoms with Crippen LogP contribution in [0.2, 0.25) is 0 Å². The molecule has 19 heavy (non-hydrogen) atoms. The van der Waals surface area contributed by atoms with Crippen molar-refractivity contribution in [3.8, 4) is 0 Å². The maximum Gasteiger partial charge on any atom is 0.247 e. The molecule has 1 unspecified atom stereocenters. The molecule has 1 aliphatic carbocycles. The lowest BCUT2D eigenvalue weighted by Gasteiger charge is -2.27. The lowest BCUT2D eigenvalue weighted by atomic mass is 9.83. The van der Waals surface area contributed by atoms with Crippen LogP contribution in [0.15, 0.2) is 0 Å². The maximum absolute atomic E-state index is 12.1. The van der Waals surface area contributed by atoms with Gasteiger partial charge in [-0.05, 0) is 45.1 Å². The second kappa shape index (κ2) is 6.04. The van der Waals surface area contributed by atoms with Crippen molar-refractivity contribution >= 4 is 11.8 Å². The molecule has 0 bridgehead atoms. The van der Waals surface area contributed by atoms with Crippen molar-refractivity contribution in [2.75, 3.05) is 6.54 Å². The second-order valence-electron chi connectivity index (χ2n) is 6.49. The molecule has 1 aliphatic heterocycles. The normalized spacial score (nSPS) is 32.4. The highest BCUT2D eigenvalue weighted by molar-refractivity contribution is 6.05. The molecule has 4 heteroatoms. The molecule has 1 atom stereocenters. The highest BCUT2D eigenvalue weighted by atomic mass is 16.2. The quantitative estimate of drug-likeness (QED) is 0.791. The van der Waals surface area contributed by atoms with E-state index in [9.17, 15) is 9.59 Å². The van der Waals surface area contributed by atoms with Crippen LogP contribution >= 0.6 is 0 Å². The van der Waals surface area contributed by atoms with Crippen LogP contribution in [0.1, 0.15) is 52.9 Å². The topological polar surface area (TPSA) is 49.4 Å². The van der Waals surface area contributed by atoms with Gasteiger partial charge in [-0.1, -0.05) is 19.8 Å². The highest BCUT2D eigenvalue weighted by Gasteiger charge is 2.39. The van der Waals surface area contributed by atoms with E-state index in [1.165, 1.54) is 30.6 Å². The second-order valence-corrected chi connectivity index (χ2v) is 6.49. The average molecular weight is 266 g/mol. The van der Waals surface area contributed by atoms with Crippen LogP contribution < -0.4 is 5.32 Å². The van der Waals surface area contributed by atoms with Gasteiger partial charge < -0.3 is 5.32 Å². The van der Waals surface area contributed by atoms with Gasteiger partial charge >= 0.3 is 0 Å². The number of rotatable bonds is 4. The van der Waals surface area contributed by atoms with Crippen LogP contribution in [-0.4, -0.2) is 35.3 Å². The maximum atomic E-state index is 12.1. The molecule has 0 aromatic rings. The van der Waals surface area contributed by atoms with Crippen LogP contribution in [0.4, 0.5) is 0 Å². The standard InChI is InChI=1S/C15H26N2O2/c1-10(2)17-14(18)8-13(15(17)19)16-9-12-6-4-11(3)5-7-12/h10-13,16H,4-9H2,1-3H3. The van der Waals surface area contributed by atoms with Crippen molar-refractivity contribution < 1.29 is 9.59 Å².